The second-order valence-corrected chi connectivity index (χ2v) is 3.34. The Morgan fingerprint density at radius 2 is 2.07 bits per heavy atom. The minimum Gasteiger partial charge on any atom is -0.381 e. The average Bonchev–Trinajstić information content (AvgIpc) is 2.20. The average molecular weight is 194 g/mol. The molecule has 0 amide bonds. The maximum absolute atomic E-state index is 4.91. The Hall–Kier alpha value is -0.820. The predicted octanol–water partition coefficient (Wildman–Crippen LogP) is 3.88. The van der Waals surface area contributed by atoms with Crippen LogP contribution in [0, 0.1) is 0 Å². The molecule has 0 saturated carbocycles. The van der Waals surface area contributed by atoms with E-state index in [0.29, 0.717) is 0 Å². The highest BCUT2D eigenvalue weighted by atomic mass is 16.5. The van der Waals surface area contributed by atoms with E-state index in [4.69, 9.17) is 4.74 Å². The second kappa shape index (κ2) is 10.3. The molecule has 14 heavy (non-hydrogen) atoms. The zero-order valence-corrected chi connectivity index (χ0v) is 9.46. The quantitative estimate of drug-likeness (QED) is 0.421. The van der Waals surface area contributed by atoms with E-state index < -0.39 is 0 Å². The fourth-order valence-electron chi connectivity index (χ4n) is 1.14. The third-order valence-corrected chi connectivity index (χ3v) is 1.97. The topological polar surface area (TPSA) is 9.23 Å². The first-order chi connectivity index (χ1) is 6.81. The highest BCUT2D eigenvalue weighted by Crippen LogP contribution is 2.09. The van der Waals surface area contributed by atoms with Crippen LogP contribution in [0.5, 0.6) is 0 Å². The molecule has 0 saturated heterocycles. The summed E-state index contributed by atoms with van der Waals surface area (Å²) >= 11 is 0. The molecule has 0 spiro atoms. The van der Waals surface area contributed by atoms with Gasteiger partial charge < -0.3 is 4.74 Å². The highest BCUT2D eigenvalue weighted by Gasteiger charge is 1.90. The lowest BCUT2D eigenvalue weighted by Crippen LogP contribution is -1.82. The molecule has 0 heterocycles. The summed E-state index contributed by atoms with van der Waals surface area (Å²) in [5, 5.41) is 0. The van der Waals surface area contributed by atoms with E-state index in [1.165, 1.54) is 12.0 Å². The van der Waals surface area contributed by atoms with E-state index in [2.05, 4.69) is 30.9 Å². The van der Waals surface area contributed by atoms with E-state index >= 15 is 0 Å². The molecule has 0 rings (SSSR count). The van der Waals surface area contributed by atoms with Gasteiger partial charge >= 0.3 is 0 Å². The Balaban J connectivity index is 3.31. The van der Waals surface area contributed by atoms with E-state index in [9.17, 15) is 0 Å². The Kier molecular flexibility index (Phi) is 9.66. The van der Waals surface area contributed by atoms with Crippen LogP contribution in [0.4, 0.5) is 0 Å². The van der Waals surface area contributed by atoms with Gasteiger partial charge in [0.2, 0.25) is 0 Å². The molecular weight excluding hydrogens is 172 g/mol. The van der Waals surface area contributed by atoms with Gasteiger partial charge in [0.1, 0.15) is 0 Å². The molecule has 0 aliphatic rings. The van der Waals surface area contributed by atoms with E-state index in [1.807, 2.05) is 6.92 Å². The Morgan fingerprint density at radius 1 is 1.29 bits per heavy atom. The largest absolute Gasteiger partial charge is 0.381 e. The zero-order chi connectivity index (χ0) is 10.6. The van der Waals surface area contributed by atoms with Crippen molar-refractivity contribution in [1.82, 2.24) is 0 Å². The number of unbranched alkanes of at least 4 members (excludes halogenated alkanes) is 1. The van der Waals surface area contributed by atoms with Crippen molar-refractivity contribution in [2.75, 3.05) is 13.7 Å². The van der Waals surface area contributed by atoms with Gasteiger partial charge in [-0.05, 0) is 32.6 Å². The standard InChI is InChI=1S/C13H22O/c1-4-5-10-13(2)11-8-6-7-9-12-14-3/h4-5,7,9H,2,6,8,10-12H2,1,3H3. The predicted molar refractivity (Wildman–Crippen MR) is 63.4 cm³/mol. The molecule has 0 fully saturated rings. The van der Waals surface area contributed by atoms with Gasteiger partial charge in [-0.3, -0.25) is 0 Å². The fraction of sp³-hybridized carbons (Fsp3) is 0.538. The molecule has 1 heteroatoms. The van der Waals surface area contributed by atoms with Gasteiger partial charge in [0.05, 0.1) is 6.61 Å². The number of methoxy groups -OCH3 is 1. The van der Waals surface area contributed by atoms with Crippen LogP contribution in [-0.2, 0) is 4.74 Å². The van der Waals surface area contributed by atoms with E-state index in [1.54, 1.807) is 7.11 Å². The van der Waals surface area contributed by atoms with Crippen molar-refractivity contribution in [3.63, 3.8) is 0 Å². The van der Waals surface area contributed by atoms with Crippen LogP contribution in [0.1, 0.15) is 32.6 Å². The molecule has 1 nitrogen and oxygen atoms in total. The molecule has 0 aliphatic heterocycles. The van der Waals surface area contributed by atoms with Crippen LogP contribution in [0.2, 0.25) is 0 Å². The molecule has 0 aromatic heterocycles. The van der Waals surface area contributed by atoms with Gasteiger partial charge in [0.25, 0.3) is 0 Å². The lowest BCUT2D eigenvalue weighted by Gasteiger charge is -1.99. The van der Waals surface area contributed by atoms with Gasteiger partial charge in [-0.2, -0.15) is 0 Å². The summed E-state index contributed by atoms with van der Waals surface area (Å²) in [5.74, 6) is 0. The first-order valence-electron chi connectivity index (χ1n) is 5.23. The maximum Gasteiger partial charge on any atom is 0.0643 e. The maximum atomic E-state index is 4.91. The van der Waals surface area contributed by atoms with Gasteiger partial charge in [-0.15, -0.1) is 0 Å². The highest BCUT2D eigenvalue weighted by molar-refractivity contribution is 5.01. The van der Waals surface area contributed by atoms with Crippen LogP contribution in [0.3, 0.4) is 0 Å². The molecule has 0 aromatic rings. The fourth-order valence-corrected chi connectivity index (χ4v) is 1.14. The SMILES string of the molecule is C=C(CC=CC)CCCC=CCOC. The number of hydrogen-bond donors (Lipinski definition) is 0. The molecule has 0 aromatic carbocycles. The lowest BCUT2D eigenvalue weighted by atomic mass is 10.1. The van der Waals surface area contributed by atoms with Crippen LogP contribution in [0.15, 0.2) is 36.5 Å². The number of allylic oxidation sites excluding steroid dienone is 4. The van der Waals surface area contributed by atoms with Crippen molar-refractivity contribution in [2.24, 2.45) is 0 Å². The summed E-state index contributed by atoms with van der Waals surface area (Å²) in [6.45, 7) is 6.79. The molecule has 0 aliphatic carbocycles. The molecular formula is C13H22O. The monoisotopic (exact) mass is 194 g/mol. The second-order valence-electron chi connectivity index (χ2n) is 3.34. The van der Waals surface area contributed by atoms with Crippen LogP contribution >= 0.6 is 0 Å². The Morgan fingerprint density at radius 3 is 2.71 bits per heavy atom. The Labute approximate surface area is 88.2 Å². The van der Waals surface area contributed by atoms with Crippen molar-refractivity contribution >= 4 is 0 Å². The minimum atomic E-state index is 0.722. The summed E-state index contributed by atoms with van der Waals surface area (Å²) in [6.07, 6.45) is 12.9. The molecule has 0 radical (unpaired) electrons. The molecule has 0 unspecified atom stereocenters. The van der Waals surface area contributed by atoms with Gasteiger partial charge in [-0.25, -0.2) is 0 Å². The summed E-state index contributed by atoms with van der Waals surface area (Å²) in [6, 6.07) is 0. The van der Waals surface area contributed by atoms with Crippen molar-refractivity contribution < 1.29 is 4.74 Å². The third-order valence-electron chi connectivity index (χ3n) is 1.97. The summed E-state index contributed by atoms with van der Waals surface area (Å²) in [4.78, 5) is 0. The smallest absolute Gasteiger partial charge is 0.0643 e. The summed E-state index contributed by atoms with van der Waals surface area (Å²) < 4.78 is 4.91. The van der Waals surface area contributed by atoms with Crippen molar-refractivity contribution in [3.8, 4) is 0 Å². The van der Waals surface area contributed by atoms with Crippen molar-refractivity contribution in [2.45, 2.75) is 32.6 Å². The number of ether oxygens (including phenoxy) is 1. The van der Waals surface area contributed by atoms with E-state index in [-0.39, 0.29) is 0 Å². The zero-order valence-electron chi connectivity index (χ0n) is 9.46. The molecule has 0 bridgehead atoms. The first kappa shape index (κ1) is 13.2. The minimum absolute atomic E-state index is 0.722. The van der Waals surface area contributed by atoms with Gasteiger partial charge in [-0.1, -0.05) is 36.5 Å². The van der Waals surface area contributed by atoms with Crippen LogP contribution in [-0.4, -0.2) is 13.7 Å². The van der Waals surface area contributed by atoms with Gasteiger partial charge in [0.15, 0.2) is 0 Å². The Bertz CT molecular complexity index is 189. The van der Waals surface area contributed by atoms with E-state index in [0.717, 1.165) is 25.9 Å². The first-order valence-corrected chi connectivity index (χ1v) is 5.23. The van der Waals surface area contributed by atoms with Crippen LogP contribution in [0.25, 0.3) is 0 Å². The van der Waals surface area contributed by atoms with Crippen molar-refractivity contribution in [3.05, 3.63) is 36.5 Å². The molecule has 0 atom stereocenters. The number of rotatable bonds is 8. The summed E-state index contributed by atoms with van der Waals surface area (Å²) in [7, 11) is 1.71. The molecule has 80 valence electrons. The molecule has 0 N–H and O–H groups in total. The normalized spacial score (nSPS) is 11.6. The third kappa shape index (κ3) is 9.27. The lowest BCUT2D eigenvalue weighted by molar-refractivity contribution is 0.233. The number of hydrogen-bond acceptors (Lipinski definition) is 1. The van der Waals surface area contributed by atoms with Crippen molar-refractivity contribution in [1.29, 1.82) is 0 Å². The summed E-state index contributed by atoms with van der Waals surface area (Å²) in [5.41, 5.74) is 1.32. The van der Waals surface area contributed by atoms with Crippen LogP contribution < -0.4 is 0 Å². The van der Waals surface area contributed by atoms with Gasteiger partial charge in [0, 0.05) is 7.11 Å².